The minimum Gasteiger partial charge on any atom is -0.384 e. The summed E-state index contributed by atoms with van der Waals surface area (Å²) in [6, 6.07) is 9.29. The van der Waals surface area contributed by atoms with E-state index in [-0.39, 0.29) is 16.6 Å². The maximum atomic E-state index is 14.2. The molecule has 1 atom stereocenters. The first-order valence-electron chi connectivity index (χ1n) is 11.5. The number of hydrogen-bond acceptors (Lipinski definition) is 4. The molecule has 6 nitrogen and oxygen atoms in total. The molecule has 1 unspecified atom stereocenters. The van der Waals surface area contributed by atoms with Gasteiger partial charge in [0.2, 0.25) is 0 Å². The van der Waals surface area contributed by atoms with Crippen LogP contribution >= 0.6 is 11.6 Å². The summed E-state index contributed by atoms with van der Waals surface area (Å²) in [5, 5.41) is 5.68. The molecule has 0 radical (unpaired) electrons. The summed E-state index contributed by atoms with van der Waals surface area (Å²) in [5.41, 5.74) is 2.34. The molecule has 0 saturated carbocycles. The fraction of sp³-hybridized carbons (Fsp3) is 0.462. The first-order valence-corrected chi connectivity index (χ1v) is 11.9. The van der Waals surface area contributed by atoms with Crippen LogP contribution in [0.15, 0.2) is 36.4 Å². The van der Waals surface area contributed by atoms with E-state index in [1.54, 1.807) is 7.11 Å². The lowest BCUT2D eigenvalue weighted by atomic mass is 9.95. The Morgan fingerprint density at radius 2 is 1.71 bits per heavy atom. The zero-order chi connectivity index (χ0) is 25.3. The van der Waals surface area contributed by atoms with E-state index in [0.717, 1.165) is 36.7 Å². The second-order valence-corrected chi connectivity index (χ2v) is 9.66. The minimum absolute atomic E-state index is 0.0269. The number of hydrogen-bond donors (Lipinski definition) is 2. The summed E-state index contributed by atoms with van der Waals surface area (Å²) in [6.45, 7) is 10.5. The van der Waals surface area contributed by atoms with Gasteiger partial charge in [0, 0.05) is 37.6 Å². The molecule has 2 rings (SSSR count). The topological polar surface area (TPSA) is 70.7 Å². The highest BCUT2D eigenvalue weighted by atomic mass is 35.5. The summed E-state index contributed by atoms with van der Waals surface area (Å²) < 4.78 is 19.5. The van der Waals surface area contributed by atoms with Gasteiger partial charge in [0.25, 0.3) is 0 Å². The fourth-order valence-corrected chi connectivity index (χ4v) is 3.98. The molecule has 0 aliphatic carbocycles. The Labute approximate surface area is 206 Å². The van der Waals surface area contributed by atoms with Crippen molar-refractivity contribution in [3.63, 3.8) is 0 Å². The number of carbonyl (C=O) groups excluding carboxylic acids is 2. The van der Waals surface area contributed by atoms with Crippen molar-refractivity contribution in [2.24, 2.45) is 11.8 Å². The summed E-state index contributed by atoms with van der Waals surface area (Å²) in [6.07, 6.45) is 1.17. The van der Waals surface area contributed by atoms with E-state index in [1.165, 1.54) is 12.1 Å². The monoisotopic (exact) mass is 491 g/mol. The molecule has 2 aromatic rings. The fourth-order valence-electron chi connectivity index (χ4n) is 3.82. The lowest BCUT2D eigenvalue weighted by molar-refractivity contribution is -0.108. The molecule has 0 heterocycles. The molecule has 0 fully saturated rings. The molecule has 2 aromatic carbocycles. The van der Waals surface area contributed by atoms with E-state index in [9.17, 15) is 14.0 Å². The molecule has 0 spiro atoms. The summed E-state index contributed by atoms with van der Waals surface area (Å²) in [5.74, 6) is 0.0423. The van der Waals surface area contributed by atoms with Crippen LogP contribution in [0.4, 0.5) is 26.2 Å². The molecule has 0 aromatic heterocycles. The van der Waals surface area contributed by atoms with Gasteiger partial charge in [0.15, 0.2) is 0 Å². The molecule has 0 saturated heterocycles. The van der Waals surface area contributed by atoms with Crippen molar-refractivity contribution >= 4 is 41.0 Å². The van der Waals surface area contributed by atoms with Gasteiger partial charge in [0.05, 0.1) is 23.7 Å². The minimum atomic E-state index is -0.621. The predicted octanol–water partition coefficient (Wildman–Crippen LogP) is 6.56. The van der Waals surface area contributed by atoms with Crippen molar-refractivity contribution in [3.8, 4) is 0 Å². The Kier molecular flexibility index (Phi) is 10.8. The lowest BCUT2D eigenvalue weighted by Crippen LogP contribution is -2.32. The van der Waals surface area contributed by atoms with E-state index in [2.05, 4.69) is 43.2 Å². The normalized spacial score (nSPS) is 12.0. The summed E-state index contributed by atoms with van der Waals surface area (Å²) >= 11 is 5.81. The Bertz CT molecular complexity index is 958. The zero-order valence-corrected chi connectivity index (χ0v) is 21.3. The average Bonchev–Trinajstić information content (AvgIpc) is 2.74. The smallest absolute Gasteiger partial charge is 0.323 e. The standard InChI is InChI=1S/C26H35ClFN3O3/c1-17(2)14-31(15-18(3)4)25-9-6-19(20(10-11-32)16-34-5)12-24(25)30-26(33)29-23-8-7-21(27)13-22(23)28/h6-9,11-13,17-18,20H,10,14-16H2,1-5H3,(H2,29,30,33). The quantitative estimate of drug-likeness (QED) is 0.330. The highest BCUT2D eigenvalue weighted by Crippen LogP contribution is 2.33. The molecule has 2 N–H and O–H groups in total. The van der Waals surface area contributed by atoms with Crippen molar-refractivity contribution in [2.45, 2.75) is 40.0 Å². The van der Waals surface area contributed by atoms with E-state index < -0.39 is 11.8 Å². The van der Waals surface area contributed by atoms with E-state index in [0.29, 0.717) is 30.6 Å². The first-order chi connectivity index (χ1) is 16.1. The van der Waals surface area contributed by atoms with Crippen LogP contribution in [0.2, 0.25) is 5.02 Å². The van der Waals surface area contributed by atoms with Gasteiger partial charge >= 0.3 is 6.03 Å². The van der Waals surface area contributed by atoms with E-state index in [4.69, 9.17) is 16.3 Å². The third kappa shape index (κ3) is 8.29. The van der Waals surface area contributed by atoms with Gasteiger partial charge < -0.3 is 25.1 Å². The number of aldehydes is 1. The van der Waals surface area contributed by atoms with Gasteiger partial charge in [-0.2, -0.15) is 0 Å². The summed E-state index contributed by atoms with van der Waals surface area (Å²) in [7, 11) is 1.59. The Morgan fingerprint density at radius 3 is 2.26 bits per heavy atom. The van der Waals surface area contributed by atoms with Crippen molar-refractivity contribution in [1.82, 2.24) is 0 Å². The maximum absolute atomic E-state index is 14.2. The Hall–Kier alpha value is -2.64. The average molecular weight is 492 g/mol. The maximum Gasteiger partial charge on any atom is 0.323 e. The molecule has 0 bridgehead atoms. The van der Waals surface area contributed by atoms with Gasteiger partial charge in [-0.15, -0.1) is 0 Å². The number of methoxy groups -OCH3 is 1. The number of nitrogens with zero attached hydrogens (tertiary/aromatic N) is 1. The SMILES string of the molecule is COCC(CC=O)c1ccc(N(CC(C)C)CC(C)C)c(NC(=O)Nc2ccc(Cl)cc2F)c1. The lowest BCUT2D eigenvalue weighted by Gasteiger charge is -2.31. The molecule has 0 aliphatic heterocycles. The van der Waals surface area contributed by atoms with Crippen LogP contribution < -0.4 is 15.5 Å². The number of halogens is 2. The van der Waals surface area contributed by atoms with Gasteiger partial charge in [0.1, 0.15) is 12.1 Å². The van der Waals surface area contributed by atoms with Crippen LogP contribution in [0, 0.1) is 17.7 Å². The van der Waals surface area contributed by atoms with Gasteiger partial charge in [-0.1, -0.05) is 45.4 Å². The van der Waals surface area contributed by atoms with Gasteiger partial charge in [-0.3, -0.25) is 0 Å². The molecular formula is C26H35ClFN3O3. The Morgan fingerprint density at radius 1 is 1.06 bits per heavy atom. The van der Waals surface area contributed by atoms with Gasteiger partial charge in [-0.25, -0.2) is 9.18 Å². The van der Waals surface area contributed by atoms with Crippen LogP contribution in [-0.2, 0) is 9.53 Å². The summed E-state index contributed by atoms with van der Waals surface area (Å²) in [4.78, 5) is 26.3. The predicted molar refractivity (Wildman–Crippen MR) is 138 cm³/mol. The molecule has 0 aliphatic rings. The number of urea groups is 1. The highest BCUT2D eigenvalue weighted by molar-refractivity contribution is 6.30. The number of ether oxygens (including phenoxy) is 1. The molecule has 2 amide bonds. The number of nitrogens with one attached hydrogen (secondary N) is 2. The van der Waals surface area contributed by atoms with Crippen LogP contribution in [-0.4, -0.2) is 39.1 Å². The zero-order valence-electron chi connectivity index (χ0n) is 20.5. The van der Waals surface area contributed by atoms with Crippen molar-refractivity contribution in [2.75, 3.05) is 42.3 Å². The largest absolute Gasteiger partial charge is 0.384 e. The number of rotatable bonds is 12. The molecular weight excluding hydrogens is 457 g/mol. The van der Waals surface area contributed by atoms with E-state index >= 15 is 0 Å². The van der Waals surface area contributed by atoms with E-state index in [1.807, 2.05) is 18.2 Å². The third-order valence-corrected chi connectivity index (χ3v) is 5.41. The third-order valence-electron chi connectivity index (χ3n) is 5.18. The number of carbonyl (C=O) groups is 2. The Balaban J connectivity index is 2.44. The highest BCUT2D eigenvalue weighted by Gasteiger charge is 2.20. The van der Waals surface area contributed by atoms with Crippen LogP contribution in [0.1, 0.15) is 45.6 Å². The first kappa shape index (κ1) is 27.6. The van der Waals surface area contributed by atoms with Crippen molar-refractivity contribution in [3.05, 3.63) is 52.8 Å². The molecule has 186 valence electrons. The molecule has 34 heavy (non-hydrogen) atoms. The number of benzene rings is 2. The second-order valence-electron chi connectivity index (χ2n) is 9.23. The molecule has 8 heteroatoms. The van der Waals surface area contributed by atoms with Crippen LogP contribution in [0.5, 0.6) is 0 Å². The number of anilines is 3. The number of amides is 2. The second kappa shape index (κ2) is 13.3. The van der Waals surface area contributed by atoms with Crippen LogP contribution in [0.25, 0.3) is 0 Å². The van der Waals surface area contributed by atoms with Crippen molar-refractivity contribution in [1.29, 1.82) is 0 Å². The van der Waals surface area contributed by atoms with Crippen molar-refractivity contribution < 1.29 is 18.7 Å². The van der Waals surface area contributed by atoms with Gasteiger partial charge in [-0.05, 0) is 47.7 Å². The van der Waals surface area contributed by atoms with Crippen LogP contribution in [0.3, 0.4) is 0 Å².